The highest BCUT2D eigenvalue weighted by Gasteiger charge is 2.23. The zero-order valence-corrected chi connectivity index (χ0v) is 15.4. The van der Waals surface area contributed by atoms with Crippen molar-refractivity contribution in [2.75, 3.05) is 22.4 Å². The highest BCUT2D eigenvalue weighted by atomic mass is 35.5. The molecule has 0 saturated heterocycles. The lowest BCUT2D eigenvalue weighted by Gasteiger charge is -2.23. The van der Waals surface area contributed by atoms with Gasteiger partial charge in [0.25, 0.3) is 0 Å². The number of nitrogens with one attached hydrogen (secondary N) is 1. The van der Waals surface area contributed by atoms with E-state index in [0.29, 0.717) is 16.3 Å². The Morgan fingerprint density at radius 1 is 1.08 bits per heavy atom. The van der Waals surface area contributed by atoms with Crippen molar-refractivity contribution < 1.29 is 13.2 Å². The van der Waals surface area contributed by atoms with Crippen molar-refractivity contribution in [3.05, 3.63) is 58.1 Å². The lowest BCUT2D eigenvalue weighted by molar-refractivity contribution is -0.114. The first kappa shape index (κ1) is 18.6. The van der Waals surface area contributed by atoms with Gasteiger partial charge in [-0.15, -0.1) is 0 Å². The van der Waals surface area contributed by atoms with Crippen molar-refractivity contribution in [1.29, 1.82) is 0 Å². The summed E-state index contributed by atoms with van der Waals surface area (Å²) in [6, 6.07) is 11.5. The zero-order chi connectivity index (χ0) is 17.9. The van der Waals surface area contributed by atoms with Crippen molar-refractivity contribution >= 4 is 50.5 Å². The first-order chi connectivity index (χ1) is 11.2. The molecule has 0 unspecified atom stereocenters. The average Bonchev–Trinajstić information content (AvgIpc) is 2.49. The van der Waals surface area contributed by atoms with Crippen LogP contribution in [0.3, 0.4) is 0 Å². The number of carbonyl (C=O) groups excluding carboxylic acids is 1. The molecule has 0 aliphatic carbocycles. The second kappa shape index (κ2) is 7.42. The highest BCUT2D eigenvalue weighted by Crippen LogP contribution is 2.27. The number of anilines is 2. The molecule has 2 rings (SSSR count). The van der Waals surface area contributed by atoms with Gasteiger partial charge in [-0.25, -0.2) is 8.42 Å². The van der Waals surface area contributed by atoms with Crippen LogP contribution in [0.5, 0.6) is 0 Å². The minimum atomic E-state index is -3.68. The van der Waals surface area contributed by atoms with Gasteiger partial charge >= 0.3 is 0 Å². The van der Waals surface area contributed by atoms with E-state index in [0.717, 1.165) is 10.6 Å². The van der Waals surface area contributed by atoms with Gasteiger partial charge < -0.3 is 5.32 Å². The van der Waals surface area contributed by atoms with E-state index in [9.17, 15) is 13.2 Å². The fourth-order valence-corrected chi connectivity index (χ4v) is 3.43. The molecule has 128 valence electrons. The smallest absolute Gasteiger partial charge is 0.245 e. The molecule has 0 spiro atoms. The summed E-state index contributed by atoms with van der Waals surface area (Å²) in [6.45, 7) is 1.37. The van der Waals surface area contributed by atoms with E-state index in [1.165, 1.54) is 0 Å². The SMILES string of the molecule is Cc1c(Cl)cccc1NC(=O)CN(c1ccccc1Cl)S(C)(=O)=O. The van der Waals surface area contributed by atoms with Gasteiger partial charge in [0.15, 0.2) is 0 Å². The summed E-state index contributed by atoms with van der Waals surface area (Å²) in [5, 5.41) is 3.43. The van der Waals surface area contributed by atoms with E-state index in [2.05, 4.69) is 5.32 Å². The maximum atomic E-state index is 12.3. The van der Waals surface area contributed by atoms with Gasteiger partial charge in [0.1, 0.15) is 6.54 Å². The van der Waals surface area contributed by atoms with E-state index in [1.807, 2.05) is 0 Å². The number of para-hydroxylation sites is 1. The van der Waals surface area contributed by atoms with Crippen LogP contribution in [0.4, 0.5) is 11.4 Å². The Hall–Kier alpha value is -1.76. The fraction of sp³-hybridized carbons (Fsp3) is 0.188. The Morgan fingerprint density at radius 2 is 1.71 bits per heavy atom. The van der Waals surface area contributed by atoms with E-state index >= 15 is 0 Å². The van der Waals surface area contributed by atoms with Gasteiger partial charge in [0.05, 0.1) is 17.0 Å². The second-order valence-corrected chi connectivity index (χ2v) is 7.90. The van der Waals surface area contributed by atoms with Gasteiger partial charge in [-0.1, -0.05) is 41.4 Å². The number of hydrogen-bond acceptors (Lipinski definition) is 3. The molecule has 0 atom stereocenters. The Balaban J connectivity index is 2.26. The Labute approximate surface area is 151 Å². The highest BCUT2D eigenvalue weighted by molar-refractivity contribution is 7.92. The molecule has 0 aromatic heterocycles. The molecule has 0 fully saturated rings. The Bertz CT molecular complexity index is 869. The molecule has 5 nitrogen and oxygen atoms in total. The van der Waals surface area contributed by atoms with Crippen molar-refractivity contribution in [2.45, 2.75) is 6.92 Å². The van der Waals surface area contributed by atoms with Gasteiger partial charge in [0, 0.05) is 10.7 Å². The predicted octanol–water partition coefficient (Wildman–Crippen LogP) is 3.71. The van der Waals surface area contributed by atoms with Crippen molar-refractivity contribution in [3.63, 3.8) is 0 Å². The third-order valence-electron chi connectivity index (χ3n) is 3.35. The number of nitrogens with zero attached hydrogens (tertiary/aromatic N) is 1. The number of halogens is 2. The Morgan fingerprint density at radius 3 is 2.33 bits per heavy atom. The molecular weight excluding hydrogens is 371 g/mol. The van der Waals surface area contributed by atoms with Crippen LogP contribution in [0.25, 0.3) is 0 Å². The van der Waals surface area contributed by atoms with Crippen molar-refractivity contribution in [2.24, 2.45) is 0 Å². The van der Waals surface area contributed by atoms with Gasteiger partial charge in [-0.2, -0.15) is 0 Å². The summed E-state index contributed by atoms with van der Waals surface area (Å²) in [4.78, 5) is 12.3. The summed E-state index contributed by atoms with van der Waals surface area (Å²) in [7, 11) is -3.68. The molecule has 8 heteroatoms. The molecule has 0 aliphatic rings. The van der Waals surface area contributed by atoms with E-state index in [-0.39, 0.29) is 10.7 Å². The molecule has 0 radical (unpaired) electrons. The second-order valence-electron chi connectivity index (χ2n) is 5.18. The molecule has 1 N–H and O–H groups in total. The van der Waals surface area contributed by atoms with Crippen LogP contribution in [-0.4, -0.2) is 27.1 Å². The first-order valence-corrected chi connectivity index (χ1v) is 9.58. The lowest BCUT2D eigenvalue weighted by atomic mass is 10.2. The summed E-state index contributed by atoms with van der Waals surface area (Å²) in [5.41, 5.74) is 1.48. The minimum Gasteiger partial charge on any atom is -0.324 e. The molecule has 24 heavy (non-hydrogen) atoms. The average molecular weight is 387 g/mol. The summed E-state index contributed by atoms with van der Waals surface area (Å²) in [6.07, 6.45) is 1.02. The minimum absolute atomic E-state index is 0.245. The monoisotopic (exact) mass is 386 g/mol. The van der Waals surface area contributed by atoms with Crippen LogP contribution in [-0.2, 0) is 14.8 Å². The third kappa shape index (κ3) is 4.41. The Kier molecular flexibility index (Phi) is 5.74. The van der Waals surface area contributed by atoms with Crippen LogP contribution < -0.4 is 9.62 Å². The first-order valence-electron chi connectivity index (χ1n) is 6.97. The van der Waals surface area contributed by atoms with Crippen molar-refractivity contribution in [3.8, 4) is 0 Å². The quantitative estimate of drug-likeness (QED) is 0.851. The topological polar surface area (TPSA) is 66.5 Å². The number of benzene rings is 2. The van der Waals surface area contributed by atoms with Gasteiger partial charge in [-0.05, 0) is 36.8 Å². The van der Waals surface area contributed by atoms with Crippen LogP contribution >= 0.6 is 23.2 Å². The van der Waals surface area contributed by atoms with Crippen molar-refractivity contribution in [1.82, 2.24) is 0 Å². The van der Waals surface area contributed by atoms with Gasteiger partial charge in [-0.3, -0.25) is 9.10 Å². The molecule has 0 aliphatic heterocycles. The largest absolute Gasteiger partial charge is 0.324 e. The van der Waals surface area contributed by atoms with Crippen LogP contribution in [0.2, 0.25) is 10.0 Å². The number of hydrogen-bond donors (Lipinski definition) is 1. The number of sulfonamides is 1. The fourth-order valence-electron chi connectivity index (χ4n) is 2.10. The van der Waals surface area contributed by atoms with Crippen LogP contribution in [0, 0.1) is 6.92 Å². The summed E-state index contributed by atoms with van der Waals surface area (Å²) in [5.74, 6) is -0.495. The normalized spacial score (nSPS) is 11.2. The lowest BCUT2D eigenvalue weighted by Crippen LogP contribution is -2.37. The molecule has 2 aromatic carbocycles. The maximum absolute atomic E-state index is 12.3. The van der Waals surface area contributed by atoms with Crippen LogP contribution in [0.15, 0.2) is 42.5 Å². The van der Waals surface area contributed by atoms with Crippen LogP contribution in [0.1, 0.15) is 5.56 Å². The molecular formula is C16H16Cl2N2O3S. The maximum Gasteiger partial charge on any atom is 0.245 e. The summed E-state index contributed by atoms with van der Waals surface area (Å²) >= 11 is 12.1. The van der Waals surface area contributed by atoms with E-state index < -0.39 is 22.5 Å². The predicted molar refractivity (Wildman–Crippen MR) is 98.5 cm³/mol. The van der Waals surface area contributed by atoms with Gasteiger partial charge in [0.2, 0.25) is 15.9 Å². The molecule has 2 aromatic rings. The molecule has 0 heterocycles. The third-order valence-corrected chi connectivity index (χ3v) is 5.21. The zero-order valence-electron chi connectivity index (χ0n) is 13.1. The number of amides is 1. The summed E-state index contributed by atoms with van der Waals surface area (Å²) < 4.78 is 25.1. The molecule has 1 amide bonds. The standard InChI is InChI=1S/C16H16Cl2N2O3S/c1-11-12(17)7-5-8-14(11)19-16(21)10-20(24(2,22)23)15-9-4-3-6-13(15)18/h3-9H,10H2,1-2H3,(H,19,21). The van der Waals surface area contributed by atoms with E-state index in [4.69, 9.17) is 23.2 Å². The number of carbonyl (C=O) groups is 1. The molecule has 0 bridgehead atoms. The molecule has 0 saturated carbocycles. The van der Waals surface area contributed by atoms with E-state index in [1.54, 1.807) is 49.4 Å². The number of rotatable bonds is 5.